The quantitative estimate of drug-likeness (QED) is 0.520. The van der Waals surface area contributed by atoms with Crippen LogP contribution in [0, 0.1) is 10.1 Å². The van der Waals surface area contributed by atoms with E-state index in [4.69, 9.17) is 0 Å². The third-order valence-electron chi connectivity index (χ3n) is 1.47. The van der Waals surface area contributed by atoms with Crippen LogP contribution in [0.5, 0.6) is 0 Å². The Morgan fingerprint density at radius 3 is 2.38 bits per heavy atom. The molecule has 0 aliphatic heterocycles. The monoisotopic (exact) mass is 181 g/mol. The van der Waals surface area contributed by atoms with Crippen LogP contribution in [-0.4, -0.2) is 4.92 Å². The highest BCUT2D eigenvalue weighted by Gasteiger charge is 2.02. The summed E-state index contributed by atoms with van der Waals surface area (Å²) in [6.07, 6.45) is 1.31. The number of hydrogen-bond donors (Lipinski definition) is 0. The fourth-order valence-corrected chi connectivity index (χ4v) is 0.922. The number of halogens is 1. The lowest BCUT2D eigenvalue weighted by atomic mass is 10.2. The van der Waals surface area contributed by atoms with E-state index in [1.807, 2.05) is 0 Å². The van der Waals surface area contributed by atoms with Gasteiger partial charge in [-0.3, -0.25) is 10.1 Å². The van der Waals surface area contributed by atoms with Gasteiger partial charge in [-0.2, -0.15) is 0 Å². The van der Waals surface area contributed by atoms with Gasteiger partial charge in [-0.15, -0.1) is 0 Å². The molecule has 0 bridgehead atoms. The van der Waals surface area contributed by atoms with Crippen molar-refractivity contribution < 1.29 is 9.31 Å². The molecular weight excluding hydrogens is 173 g/mol. The first-order chi connectivity index (χ1) is 6.09. The molecule has 0 saturated carbocycles. The SMILES string of the molecule is C/C(F)=C\c1ccc([N+](=O)[O-])cc1. The summed E-state index contributed by atoms with van der Waals surface area (Å²) in [6, 6.07) is 5.69. The van der Waals surface area contributed by atoms with Crippen LogP contribution in [-0.2, 0) is 0 Å². The zero-order valence-electron chi connectivity index (χ0n) is 7.03. The highest BCUT2D eigenvalue weighted by molar-refractivity contribution is 5.52. The summed E-state index contributed by atoms with van der Waals surface area (Å²) in [4.78, 5) is 9.76. The molecule has 13 heavy (non-hydrogen) atoms. The van der Waals surface area contributed by atoms with E-state index in [0.29, 0.717) is 5.56 Å². The molecular formula is C9H8FNO2. The summed E-state index contributed by atoms with van der Waals surface area (Å²) in [5.41, 5.74) is 0.624. The minimum absolute atomic E-state index is 0.00802. The molecule has 1 rings (SSSR count). The minimum atomic E-state index is -0.490. The smallest absolute Gasteiger partial charge is 0.258 e. The van der Waals surface area contributed by atoms with Crippen LogP contribution in [0.25, 0.3) is 6.08 Å². The highest BCUT2D eigenvalue weighted by atomic mass is 19.1. The van der Waals surface area contributed by atoms with Gasteiger partial charge in [0.05, 0.1) is 10.8 Å². The van der Waals surface area contributed by atoms with Crippen molar-refractivity contribution in [2.45, 2.75) is 6.92 Å². The molecule has 0 fully saturated rings. The molecule has 0 N–H and O–H groups in total. The lowest BCUT2D eigenvalue weighted by Gasteiger charge is -1.93. The molecule has 0 heterocycles. The Kier molecular flexibility index (Phi) is 2.74. The van der Waals surface area contributed by atoms with Gasteiger partial charge in [0.2, 0.25) is 0 Å². The van der Waals surface area contributed by atoms with Gasteiger partial charge in [-0.1, -0.05) is 0 Å². The summed E-state index contributed by atoms with van der Waals surface area (Å²) in [7, 11) is 0. The predicted octanol–water partition coefficient (Wildman–Crippen LogP) is 2.93. The van der Waals surface area contributed by atoms with E-state index in [0.717, 1.165) is 0 Å². The summed E-state index contributed by atoms with van der Waals surface area (Å²) < 4.78 is 12.4. The van der Waals surface area contributed by atoms with Crippen LogP contribution >= 0.6 is 0 Å². The lowest BCUT2D eigenvalue weighted by Crippen LogP contribution is -1.86. The van der Waals surface area contributed by atoms with E-state index in [1.165, 1.54) is 37.3 Å². The molecule has 3 nitrogen and oxygen atoms in total. The van der Waals surface area contributed by atoms with E-state index in [2.05, 4.69) is 0 Å². The van der Waals surface area contributed by atoms with Gasteiger partial charge in [0.15, 0.2) is 0 Å². The number of nitro groups is 1. The molecule has 0 aliphatic carbocycles. The molecule has 4 heteroatoms. The van der Waals surface area contributed by atoms with Gasteiger partial charge in [0, 0.05) is 12.1 Å². The maximum Gasteiger partial charge on any atom is 0.269 e. The van der Waals surface area contributed by atoms with Gasteiger partial charge in [-0.25, -0.2) is 4.39 Å². The van der Waals surface area contributed by atoms with Crippen molar-refractivity contribution in [3.05, 3.63) is 45.8 Å². The van der Waals surface area contributed by atoms with Crippen molar-refractivity contribution in [1.82, 2.24) is 0 Å². The summed E-state index contributed by atoms with van der Waals surface area (Å²) in [6.45, 7) is 1.32. The normalized spacial score (nSPS) is 11.4. The number of allylic oxidation sites excluding steroid dienone is 1. The van der Waals surface area contributed by atoms with Crippen molar-refractivity contribution >= 4 is 11.8 Å². The van der Waals surface area contributed by atoms with Crippen LogP contribution in [0.15, 0.2) is 30.1 Å². The zero-order valence-corrected chi connectivity index (χ0v) is 7.03. The third-order valence-corrected chi connectivity index (χ3v) is 1.47. The molecule has 1 aromatic rings. The number of benzene rings is 1. The molecule has 0 saturated heterocycles. The topological polar surface area (TPSA) is 43.1 Å². The van der Waals surface area contributed by atoms with E-state index in [1.54, 1.807) is 0 Å². The fraction of sp³-hybridized carbons (Fsp3) is 0.111. The van der Waals surface area contributed by atoms with Crippen LogP contribution < -0.4 is 0 Å². The van der Waals surface area contributed by atoms with Crippen molar-refractivity contribution in [2.24, 2.45) is 0 Å². The molecule has 0 amide bonds. The molecule has 0 atom stereocenters. The largest absolute Gasteiger partial charge is 0.269 e. The maximum absolute atomic E-state index is 12.4. The van der Waals surface area contributed by atoms with Crippen LogP contribution in [0.4, 0.5) is 10.1 Å². The Labute approximate surface area is 74.7 Å². The number of hydrogen-bond acceptors (Lipinski definition) is 2. The average molecular weight is 181 g/mol. The fourth-order valence-electron chi connectivity index (χ4n) is 0.922. The van der Waals surface area contributed by atoms with Crippen LogP contribution in [0.3, 0.4) is 0 Å². The van der Waals surface area contributed by atoms with Gasteiger partial charge in [0.25, 0.3) is 5.69 Å². The number of rotatable bonds is 2. The molecule has 0 unspecified atom stereocenters. The van der Waals surface area contributed by atoms with E-state index in [-0.39, 0.29) is 11.5 Å². The number of nitro benzene ring substituents is 1. The average Bonchev–Trinajstić information content (AvgIpc) is 2.04. The Hall–Kier alpha value is -1.71. The lowest BCUT2D eigenvalue weighted by molar-refractivity contribution is -0.384. The molecule has 0 aromatic heterocycles. The first-order valence-electron chi connectivity index (χ1n) is 3.68. The van der Waals surface area contributed by atoms with Crippen LogP contribution in [0.2, 0.25) is 0 Å². The van der Waals surface area contributed by atoms with Crippen molar-refractivity contribution in [3.63, 3.8) is 0 Å². The summed E-state index contributed by atoms with van der Waals surface area (Å²) in [5, 5.41) is 10.3. The molecule has 1 aromatic carbocycles. The van der Waals surface area contributed by atoms with Gasteiger partial charge in [0.1, 0.15) is 0 Å². The standard InChI is InChI=1S/C9H8FNO2/c1-7(10)6-8-2-4-9(5-3-8)11(12)13/h2-6H,1H3/b7-6+. The summed E-state index contributed by atoms with van der Waals surface area (Å²) in [5.74, 6) is -0.325. The third kappa shape index (κ3) is 2.66. The van der Waals surface area contributed by atoms with Gasteiger partial charge >= 0.3 is 0 Å². The maximum atomic E-state index is 12.4. The van der Waals surface area contributed by atoms with Crippen LogP contribution in [0.1, 0.15) is 12.5 Å². The van der Waals surface area contributed by atoms with E-state index in [9.17, 15) is 14.5 Å². The number of nitrogens with zero attached hydrogens (tertiary/aromatic N) is 1. The second kappa shape index (κ2) is 3.80. The number of non-ortho nitro benzene ring substituents is 1. The first kappa shape index (κ1) is 9.38. The summed E-state index contributed by atoms with van der Waals surface area (Å²) >= 11 is 0. The second-order valence-corrected chi connectivity index (χ2v) is 2.58. The Balaban J connectivity index is 2.94. The Bertz CT molecular complexity index is 339. The Morgan fingerprint density at radius 2 is 2.00 bits per heavy atom. The van der Waals surface area contributed by atoms with Gasteiger partial charge in [-0.05, 0) is 30.7 Å². The highest BCUT2D eigenvalue weighted by Crippen LogP contribution is 2.14. The predicted molar refractivity (Wildman–Crippen MR) is 47.9 cm³/mol. The molecule has 68 valence electrons. The van der Waals surface area contributed by atoms with E-state index < -0.39 is 4.92 Å². The first-order valence-corrected chi connectivity index (χ1v) is 3.68. The van der Waals surface area contributed by atoms with Crippen molar-refractivity contribution in [1.29, 1.82) is 0 Å². The molecule has 0 aliphatic rings. The van der Waals surface area contributed by atoms with Crippen molar-refractivity contribution in [3.8, 4) is 0 Å². The van der Waals surface area contributed by atoms with Crippen molar-refractivity contribution in [2.75, 3.05) is 0 Å². The second-order valence-electron chi connectivity index (χ2n) is 2.58. The van der Waals surface area contributed by atoms with E-state index >= 15 is 0 Å². The molecule has 0 radical (unpaired) electrons. The van der Waals surface area contributed by atoms with Gasteiger partial charge < -0.3 is 0 Å². The Morgan fingerprint density at radius 1 is 1.46 bits per heavy atom. The zero-order chi connectivity index (χ0) is 9.84. The minimum Gasteiger partial charge on any atom is -0.258 e. The molecule has 0 spiro atoms.